The molecule has 1 aromatic rings. The maximum Gasteiger partial charge on any atom is 0.185 e. The number of hydrogen-bond donors (Lipinski definition) is 1. The zero-order valence-electron chi connectivity index (χ0n) is 14.5. The van der Waals surface area contributed by atoms with E-state index in [1.807, 2.05) is 11.3 Å². The van der Waals surface area contributed by atoms with Crippen LogP contribution in [0.5, 0.6) is 0 Å². The third kappa shape index (κ3) is 4.43. The number of thiazole rings is 1. The Labute approximate surface area is 134 Å². The Bertz CT molecular complexity index is 451. The van der Waals surface area contributed by atoms with E-state index in [0.29, 0.717) is 6.04 Å². The van der Waals surface area contributed by atoms with Crippen LogP contribution < -0.4 is 10.2 Å². The molecule has 1 saturated heterocycles. The molecule has 2 heterocycles. The van der Waals surface area contributed by atoms with Crippen LogP contribution in [-0.4, -0.2) is 24.1 Å². The van der Waals surface area contributed by atoms with Crippen LogP contribution in [0, 0.1) is 5.92 Å². The summed E-state index contributed by atoms with van der Waals surface area (Å²) in [5, 5.41) is 4.78. The number of piperidine rings is 1. The van der Waals surface area contributed by atoms with Crippen molar-refractivity contribution in [3.8, 4) is 0 Å². The van der Waals surface area contributed by atoms with Crippen molar-refractivity contribution in [2.75, 3.05) is 18.0 Å². The van der Waals surface area contributed by atoms with Gasteiger partial charge in [0.05, 0.1) is 5.69 Å². The first-order valence-corrected chi connectivity index (χ1v) is 9.07. The average molecular weight is 310 g/mol. The van der Waals surface area contributed by atoms with Crippen molar-refractivity contribution >= 4 is 16.5 Å². The van der Waals surface area contributed by atoms with Gasteiger partial charge in [-0.05, 0) is 18.8 Å². The molecule has 120 valence electrons. The molecular weight excluding hydrogens is 278 g/mol. The maximum absolute atomic E-state index is 5.01. The first-order valence-electron chi connectivity index (χ1n) is 8.26. The number of rotatable bonds is 4. The third-order valence-electron chi connectivity index (χ3n) is 4.12. The van der Waals surface area contributed by atoms with Crippen LogP contribution in [0.1, 0.15) is 65.0 Å². The largest absolute Gasteiger partial charge is 0.348 e. The monoisotopic (exact) mass is 309 g/mol. The van der Waals surface area contributed by atoms with Gasteiger partial charge in [0, 0.05) is 36.0 Å². The quantitative estimate of drug-likeness (QED) is 0.904. The topological polar surface area (TPSA) is 28.2 Å². The molecule has 4 heteroatoms. The van der Waals surface area contributed by atoms with Crippen molar-refractivity contribution in [1.29, 1.82) is 0 Å². The summed E-state index contributed by atoms with van der Waals surface area (Å²) >= 11 is 1.89. The van der Waals surface area contributed by atoms with Gasteiger partial charge >= 0.3 is 0 Å². The number of hydrogen-bond acceptors (Lipinski definition) is 4. The summed E-state index contributed by atoms with van der Waals surface area (Å²) in [5.74, 6) is 0.866. The molecule has 0 radical (unpaired) electrons. The summed E-state index contributed by atoms with van der Waals surface area (Å²) < 4.78 is 0. The van der Waals surface area contributed by atoms with Gasteiger partial charge in [-0.15, -0.1) is 11.3 Å². The molecule has 0 spiro atoms. The van der Waals surface area contributed by atoms with Crippen LogP contribution in [-0.2, 0) is 12.0 Å². The van der Waals surface area contributed by atoms with Crippen LogP contribution in [0.2, 0.25) is 0 Å². The zero-order chi connectivity index (χ0) is 15.6. The molecule has 21 heavy (non-hydrogen) atoms. The molecule has 1 N–H and O–H groups in total. The van der Waals surface area contributed by atoms with E-state index < -0.39 is 0 Å². The minimum Gasteiger partial charge on any atom is -0.348 e. The van der Waals surface area contributed by atoms with Crippen molar-refractivity contribution in [2.24, 2.45) is 5.92 Å². The molecule has 0 aliphatic carbocycles. The highest BCUT2D eigenvalue weighted by Gasteiger charge is 2.26. The number of nitrogens with zero attached hydrogens (tertiary/aromatic N) is 2. The van der Waals surface area contributed by atoms with Gasteiger partial charge in [-0.25, -0.2) is 4.98 Å². The second-order valence-corrected chi connectivity index (χ2v) is 8.79. The van der Waals surface area contributed by atoms with Crippen LogP contribution >= 0.6 is 11.3 Å². The fourth-order valence-corrected chi connectivity index (χ4v) is 3.95. The third-order valence-corrected chi connectivity index (χ3v) is 5.24. The van der Waals surface area contributed by atoms with Gasteiger partial charge in [-0.3, -0.25) is 0 Å². The van der Waals surface area contributed by atoms with Gasteiger partial charge in [0.25, 0.3) is 0 Å². The van der Waals surface area contributed by atoms with Gasteiger partial charge in [-0.2, -0.15) is 0 Å². The lowest BCUT2D eigenvalue weighted by Crippen LogP contribution is -2.32. The Morgan fingerprint density at radius 1 is 1.29 bits per heavy atom. The Kier molecular flexibility index (Phi) is 5.31. The number of nitrogens with one attached hydrogen (secondary N) is 1. The second kappa shape index (κ2) is 6.66. The molecular formula is C17H31N3S. The van der Waals surface area contributed by atoms with E-state index >= 15 is 0 Å². The van der Waals surface area contributed by atoms with Crippen molar-refractivity contribution in [1.82, 2.24) is 10.3 Å². The standard InChI is InChI=1S/C17H31N3S/c1-12(2)18-11-14-15(17(4,5)6)19-16(21-14)20-9-7-13(3)8-10-20/h12-13,18H,7-11H2,1-6H3. The van der Waals surface area contributed by atoms with Crippen LogP contribution in [0.3, 0.4) is 0 Å². The average Bonchev–Trinajstić information content (AvgIpc) is 2.81. The first kappa shape index (κ1) is 16.8. The van der Waals surface area contributed by atoms with Crippen molar-refractivity contribution in [2.45, 2.75) is 72.4 Å². The highest BCUT2D eigenvalue weighted by molar-refractivity contribution is 7.15. The van der Waals surface area contributed by atoms with Gasteiger partial charge in [0.1, 0.15) is 0 Å². The Balaban J connectivity index is 2.19. The molecule has 0 bridgehead atoms. The molecule has 0 saturated carbocycles. The maximum atomic E-state index is 5.01. The lowest BCUT2D eigenvalue weighted by molar-refractivity contribution is 0.437. The van der Waals surface area contributed by atoms with E-state index in [1.165, 1.54) is 28.5 Å². The number of aromatic nitrogens is 1. The molecule has 0 unspecified atom stereocenters. The summed E-state index contributed by atoms with van der Waals surface area (Å²) in [6.45, 7) is 16.8. The van der Waals surface area contributed by atoms with E-state index in [2.05, 4.69) is 51.8 Å². The fraction of sp³-hybridized carbons (Fsp3) is 0.824. The van der Waals surface area contributed by atoms with Crippen molar-refractivity contribution in [3.05, 3.63) is 10.6 Å². The fourth-order valence-electron chi connectivity index (χ4n) is 2.68. The van der Waals surface area contributed by atoms with Crippen LogP contribution in [0.4, 0.5) is 5.13 Å². The predicted molar refractivity (Wildman–Crippen MR) is 93.4 cm³/mol. The van der Waals surface area contributed by atoms with Crippen molar-refractivity contribution < 1.29 is 0 Å². The Morgan fingerprint density at radius 3 is 2.43 bits per heavy atom. The molecule has 0 aromatic carbocycles. The summed E-state index contributed by atoms with van der Waals surface area (Å²) in [7, 11) is 0. The van der Waals surface area contributed by atoms with Gasteiger partial charge in [0.2, 0.25) is 0 Å². The SMILES string of the molecule is CC1CCN(c2nc(C(C)(C)C)c(CNC(C)C)s2)CC1. The van der Waals surface area contributed by atoms with E-state index in [9.17, 15) is 0 Å². The zero-order valence-corrected chi connectivity index (χ0v) is 15.3. The molecule has 0 atom stereocenters. The Morgan fingerprint density at radius 2 is 1.90 bits per heavy atom. The summed E-state index contributed by atoms with van der Waals surface area (Å²) in [4.78, 5) is 8.90. The molecule has 3 nitrogen and oxygen atoms in total. The first-order chi connectivity index (χ1) is 9.77. The second-order valence-electron chi connectivity index (χ2n) is 7.72. The predicted octanol–water partition coefficient (Wildman–Crippen LogP) is 4.17. The Hall–Kier alpha value is -0.610. The molecule has 1 aliphatic rings. The normalized spacial score (nSPS) is 17.8. The van der Waals surface area contributed by atoms with Crippen molar-refractivity contribution in [3.63, 3.8) is 0 Å². The molecule has 0 amide bonds. The lowest BCUT2D eigenvalue weighted by atomic mass is 9.91. The molecule has 1 fully saturated rings. The summed E-state index contributed by atoms with van der Waals surface area (Å²) in [6.07, 6.45) is 2.59. The minimum atomic E-state index is 0.117. The minimum absolute atomic E-state index is 0.117. The van der Waals surface area contributed by atoms with Crippen LogP contribution in [0.25, 0.3) is 0 Å². The highest BCUT2D eigenvalue weighted by Crippen LogP contribution is 2.35. The van der Waals surface area contributed by atoms with Crippen LogP contribution in [0.15, 0.2) is 0 Å². The van der Waals surface area contributed by atoms with Gasteiger partial charge in [0.15, 0.2) is 5.13 Å². The van der Waals surface area contributed by atoms with Gasteiger partial charge in [-0.1, -0.05) is 41.5 Å². The molecule has 2 rings (SSSR count). The van der Waals surface area contributed by atoms with E-state index in [0.717, 1.165) is 25.6 Å². The summed E-state index contributed by atoms with van der Waals surface area (Å²) in [6, 6.07) is 0.513. The van der Waals surface area contributed by atoms with E-state index in [1.54, 1.807) is 0 Å². The van der Waals surface area contributed by atoms with E-state index in [-0.39, 0.29) is 5.41 Å². The molecule has 1 aliphatic heterocycles. The van der Waals surface area contributed by atoms with E-state index in [4.69, 9.17) is 4.98 Å². The summed E-state index contributed by atoms with van der Waals surface area (Å²) in [5.41, 5.74) is 1.39. The number of anilines is 1. The highest BCUT2D eigenvalue weighted by atomic mass is 32.1. The molecule has 1 aromatic heterocycles. The lowest BCUT2D eigenvalue weighted by Gasteiger charge is -2.30. The smallest absolute Gasteiger partial charge is 0.185 e. The van der Waals surface area contributed by atoms with Gasteiger partial charge < -0.3 is 10.2 Å².